The van der Waals surface area contributed by atoms with E-state index in [0.29, 0.717) is 31.9 Å². The van der Waals surface area contributed by atoms with Crippen LogP contribution in [0.1, 0.15) is 13.8 Å². The van der Waals surface area contributed by atoms with E-state index in [1.54, 1.807) is 17.0 Å². The summed E-state index contributed by atoms with van der Waals surface area (Å²) >= 11 is 0. The minimum absolute atomic E-state index is 0.0704. The number of hydrogen-bond acceptors (Lipinski definition) is 6. The van der Waals surface area contributed by atoms with Gasteiger partial charge in [-0.05, 0) is 42.3 Å². The molecule has 10 heteroatoms. The quantitative estimate of drug-likeness (QED) is 0.557. The molecule has 9 nitrogen and oxygen atoms in total. The number of nitrogens with one attached hydrogen (secondary N) is 2. The highest BCUT2D eigenvalue weighted by atomic mass is 32.2. The Morgan fingerprint density at radius 2 is 1.59 bits per heavy atom. The molecule has 2 aromatic rings. The fraction of sp³-hybridized carbons (Fsp3) is 0.417. The zero-order valence-electron chi connectivity index (χ0n) is 19.7. The van der Waals surface area contributed by atoms with Crippen LogP contribution in [-0.4, -0.2) is 75.9 Å². The molecule has 0 radical (unpaired) electrons. The first kappa shape index (κ1) is 25.7. The number of para-hydroxylation sites is 1. The van der Waals surface area contributed by atoms with Crippen LogP contribution in [0.5, 0.6) is 5.75 Å². The van der Waals surface area contributed by atoms with Crippen LogP contribution in [0.15, 0.2) is 59.5 Å². The summed E-state index contributed by atoms with van der Waals surface area (Å²) in [6.45, 7) is 5.76. The Morgan fingerprint density at radius 3 is 2.15 bits per heavy atom. The van der Waals surface area contributed by atoms with Gasteiger partial charge in [0.15, 0.2) is 0 Å². The molecule has 1 heterocycles. The lowest BCUT2D eigenvalue weighted by molar-refractivity contribution is -0.135. The Bertz CT molecular complexity index is 1070. The number of carbonyl (C=O) groups excluding carboxylic acids is 2. The molecule has 1 atom stereocenters. The number of rotatable bonds is 9. The number of carbonyl (C=O) groups is 2. The summed E-state index contributed by atoms with van der Waals surface area (Å²) < 4.78 is 33.4. The second kappa shape index (κ2) is 11.5. The number of nitrogens with zero attached hydrogens (tertiary/aromatic N) is 2. The third-order valence-electron chi connectivity index (χ3n) is 5.69. The number of methoxy groups -OCH3 is 1. The van der Waals surface area contributed by atoms with Crippen molar-refractivity contribution in [3.63, 3.8) is 0 Å². The van der Waals surface area contributed by atoms with E-state index in [-0.39, 0.29) is 29.2 Å². The van der Waals surface area contributed by atoms with Gasteiger partial charge < -0.3 is 15.0 Å². The molecule has 0 unspecified atom stereocenters. The number of amides is 2. The van der Waals surface area contributed by atoms with Gasteiger partial charge in [-0.2, -0.15) is 4.72 Å². The molecule has 184 valence electrons. The smallest absolute Gasteiger partial charge is 0.241 e. The molecule has 0 aliphatic carbocycles. The molecule has 1 aliphatic rings. The SMILES string of the molecule is COc1ccc(S(=O)(=O)N[C@H](C(=O)N2CCN(CC(=O)Nc3ccccc3)CC2)C(C)C)cc1. The highest BCUT2D eigenvalue weighted by molar-refractivity contribution is 7.89. The van der Waals surface area contributed by atoms with Crippen LogP contribution in [-0.2, 0) is 19.6 Å². The Morgan fingerprint density at radius 1 is 0.971 bits per heavy atom. The highest BCUT2D eigenvalue weighted by Gasteiger charge is 2.33. The van der Waals surface area contributed by atoms with Crippen molar-refractivity contribution in [3.8, 4) is 5.75 Å². The number of sulfonamides is 1. The van der Waals surface area contributed by atoms with E-state index >= 15 is 0 Å². The van der Waals surface area contributed by atoms with E-state index in [4.69, 9.17) is 4.74 Å². The summed E-state index contributed by atoms with van der Waals surface area (Å²) in [6.07, 6.45) is 0. The van der Waals surface area contributed by atoms with Crippen molar-refractivity contribution in [3.05, 3.63) is 54.6 Å². The van der Waals surface area contributed by atoms with E-state index in [0.717, 1.165) is 5.69 Å². The van der Waals surface area contributed by atoms with Gasteiger partial charge in [0.1, 0.15) is 11.8 Å². The van der Waals surface area contributed by atoms with E-state index in [1.165, 1.54) is 19.2 Å². The molecule has 2 aromatic carbocycles. The van der Waals surface area contributed by atoms with Crippen LogP contribution in [0.4, 0.5) is 5.69 Å². The van der Waals surface area contributed by atoms with Crippen LogP contribution >= 0.6 is 0 Å². The van der Waals surface area contributed by atoms with Crippen molar-refractivity contribution in [1.29, 1.82) is 0 Å². The minimum atomic E-state index is -3.89. The van der Waals surface area contributed by atoms with Gasteiger partial charge in [0.2, 0.25) is 21.8 Å². The van der Waals surface area contributed by atoms with Crippen molar-refractivity contribution in [1.82, 2.24) is 14.5 Å². The maximum atomic E-state index is 13.2. The average molecular weight is 489 g/mol. The molecular formula is C24H32N4O5S. The molecule has 0 saturated carbocycles. The topological polar surface area (TPSA) is 108 Å². The standard InChI is InChI=1S/C24H32N4O5S/c1-18(2)23(26-34(31,32)21-11-9-20(33-3)10-12-21)24(30)28-15-13-27(14-16-28)17-22(29)25-19-7-5-4-6-8-19/h4-12,18,23,26H,13-17H2,1-3H3,(H,25,29)/t23-/m0/s1. The Labute approximate surface area is 201 Å². The minimum Gasteiger partial charge on any atom is -0.497 e. The third-order valence-corrected chi connectivity index (χ3v) is 7.15. The summed E-state index contributed by atoms with van der Waals surface area (Å²) in [5, 5.41) is 2.86. The maximum absolute atomic E-state index is 13.2. The van der Waals surface area contributed by atoms with Crippen LogP contribution in [0, 0.1) is 5.92 Å². The normalized spacial score (nSPS) is 15.7. The number of piperazine rings is 1. The fourth-order valence-corrected chi connectivity index (χ4v) is 5.05. The predicted molar refractivity (Wildman–Crippen MR) is 130 cm³/mol. The molecule has 1 aliphatic heterocycles. The van der Waals surface area contributed by atoms with Crippen LogP contribution in [0.25, 0.3) is 0 Å². The molecule has 0 spiro atoms. The Hall–Kier alpha value is -2.95. The zero-order valence-corrected chi connectivity index (χ0v) is 20.5. The number of anilines is 1. The largest absolute Gasteiger partial charge is 0.497 e. The van der Waals surface area contributed by atoms with Gasteiger partial charge in [-0.25, -0.2) is 8.42 Å². The summed E-state index contributed by atoms with van der Waals surface area (Å²) in [5.41, 5.74) is 0.741. The lowest BCUT2D eigenvalue weighted by atomic mass is 10.0. The number of hydrogen-bond donors (Lipinski definition) is 2. The first-order valence-electron chi connectivity index (χ1n) is 11.2. The fourth-order valence-electron chi connectivity index (χ4n) is 3.71. The molecule has 2 N–H and O–H groups in total. The van der Waals surface area contributed by atoms with Gasteiger partial charge in [0, 0.05) is 31.9 Å². The predicted octanol–water partition coefficient (Wildman–Crippen LogP) is 1.78. The van der Waals surface area contributed by atoms with E-state index in [2.05, 4.69) is 10.0 Å². The van der Waals surface area contributed by atoms with Crippen LogP contribution in [0.2, 0.25) is 0 Å². The van der Waals surface area contributed by atoms with E-state index in [1.807, 2.05) is 49.1 Å². The molecule has 0 bridgehead atoms. The van der Waals surface area contributed by atoms with E-state index in [9.17, 15) is 18.0 Å². The van der Waals surface area contributed by atoms with Crippen molar-refractivity contribution in [2.75, 3.05) is 45.2 Å². The van der Waals surface area contributed by atoms with Crippen LogP contribution < -0.4 is 14.8 Å². The van der Waals surface area contributed by atoms with Gasteiger partial charge in [-0.15, -0.1) is 0 Å². The lowest BCUT2D eigenvalue weighted by Crippen LogP contribution is -2.56. The van der Waals surface area contributed by atoms with Gasteiger partial charge in [-0.1, -0.05) is 32.0 Å². The van der Waals surface area contributed by atoms with Crippen LogP contribution in [0.3, 0.4) is 0 Å². The molecule has 0 aromatic heterocycles. The molecule has 34 heavy (non-hydrogen) atoms. The van der Waals surface area contributed by atoms with Crippen molar-refractivity contribution in [2.45, 2.75) is 24.8 Å². The molecular weight excluding hydrogens is 456 g/mol. The third kappa shape index (κ3) is 6.78. The summed E-state index contributed by atoms with van der Waals surface area (Å²) in [4.78, 5) is 29.2. The zero-order chi connectivity index (χ0) is 24.7. The summed E-state index contributed by atoms with van der Waals surface area (Å²) in [6, 6.07) is 14.4. The molecule has 2 amide bonds. The van der Waals surface area contributed by atoms with Crippen molar-refractivity contribution in [2.24, 2.45) is 5.92 Å². The second-order valence-corrected chi connectivity index (χ2v) is 10.2. The second-order valence-electron chi connectivity index (χ2n) is 8.53. The lowest BCUT2D eigenvalue weighted by Gasteiger charge is -2.37. The Kier molecular flexibility index (Phi) is 8.65. The van der Waals surface area contributed by atoms with E-state index < -0.39 is 16.1 Å². The van der Waals surface area contributed by atoms with Gasteiger partial charge >= 0.3 is 0 Å². The van der Waals surface area contributed by atoms with Gasteiger partial charge in [0.05, 0.1) is 18.6 Å². The van der Waals surface area contributed by atoms with Gasteiger partial charge in [0.25, 0.3) is 0 Å². The Balaban J connectivity index is 1.56. The summed E-state index contributed by atoms with van der Waals surface area (Å²) in [7, 11) is -2.38. The first-order chi connectivity index (χ1) is 16.2. The van der Waals surface area contributed by atoms with Crippen molar-refractivity contribution < 1.29 is 22.7 Å². The molecule has 1 fully saturated rings. The highest BCUT2D eigenvalue weighted by Crippen LogP contribution is 2.18. The summed E-state index contributed by atoms with van der Waals surface area (Å²) in [5.74, 6) is -0.0697. The first-order valence-corrected chi connectivity index (χ1v) is 12.7. The monoisotopic (exact) mass is 488 g/mol. The number of ether oxygens (including phenoxy) is 1. The van der Waals surface area contributed by atoms with Gasteiger partial charge in [-0.3, -0.25) is 14.5 Å². The number of benzene rings is 2. The molecule has 3 rings (SSSR count). The maximum Gasteiger partial charge on any atom is 0.241 e. The van der Waals surface area contributed by atoms with Crippen molar-refractivity contribution >= 4 is 27.5 Å². The molecule has 1 saturated heterocycles. The average Bonchev–Trinajstić information content (AvgIpc) is 2.83.